The fourth-order valence-corrected chi connectivity index (χ4v) is 2.66. The van der Waals surface area contributed by atoms with E-state index in [0.29, 0.717) is 6.10 Å². The van der Waals surface area contributed by atoms with Crippen molar-refractivity contribution in [2.24, 2.45) is 4.99 Å². The molecule has 0 aromatic carbocycles. The molecule has 1 aliphatic carbocycles. The number of rotatable bonds is 8. The summed E-state index contributed by atoms with van der Waals surface area (Å²) < 4.78 is 5.85. The molecule has 0 unspecified atom stereocenters. The minimum absolute atomic E-state index is 0. The molecule has 2 N–H and O–H groups in total. The minimum Gasteiger partial charge on any atom is -0.378 e. The van der Waals surface area contributed by atoms with Crippen LogP contribution in [0, 0.1) is 0 Å². The number of hydrogen-bond donors (Lipinski definition) is 2. The first-order chi connectivity index (χ1) is 10.9. The lowest BCUT2D eigenvalue weighted by molar-refractivity contribution is 0.0574. The molecule has 0 amide bonds. The predicted molar refractivity (Wildman–Crippen MR) is 106 cm³/mol. The molecule has 130 valence electrons. The maximum absolute atomic E-state index is 5.85. The number of guanidine groups is 1. The average Bonchev–Trinajstić information content (AvgIpc) is 3.07. The summed E-state index contributed by atoms with van der Waals surface area (Å²) in [6.07, 6.45) is 9.38. The number of nitrogens with one attached hydrogen (secondary N) is 2. The lowest BCUT2D eigenvalue weighted by Gasteiger charge is -2.13. The van der Waals surface area contributed by atoms with Crippen molar-refractivity contribution in [2.75, 3.05) is 26.7 Å². The third-order valence-corrected chi connectivity index (χ3v) is 3.89. The van der Waals surface area contributed by atoms with Crippen LogP contribution in [0.1, 0.15) is 37.8 Å². The largest absolute Gasteiger partial charge is 0.378 e. The Morgan fingerprint density at radius 3 is 2.74 bits per heavy atom. The second-order valence-electron chi connectivity index (χ2n) is 5.63. The van der Waals surface area contributed by atoms with Crippen molar-refractivity contribution in [3.05, 3.63) is 30.1 Å². The lowest BCUT2D eigenvalue weighted by Crippen LogP contribution is -2.39. The van der Waals surface area contributed by atoms with E-state index in [2.05, 4.69) is 20.6 Å². The Hall–Kier alpha value is -0.890. The molecule has 0 aliphatic heterocycles. The highest BCUT2D eigenvalue weighted by atomic mass is 127. The van der Waals surface area contributed by atoms with Gasteiger partial charge in [0, 0.05) is 45.1 Å². The van der Waals surface area contributed by atoms with E-state index in [1.807, 2.05) is 24.4 Å². The van der Waals surface area contributed by atoms with Gasteiger partial charge in [-0.2, -0.15) is 0 Å². The number of pyridine rings is 1. The van der Waals surface area contributed by atoms with Gasteiger partial charge in [-0.3, -0.25) is 9.98 Å². The molecule has 1 saturated carbocycles. The van der Waals surface area contributed by atoms with Crippen LogP contribution in [0.2, 0.25) is 0 Å². The van der Waals surface area contributed by atoms with Crippen LogP contribution in [0.3, 0.4) is 0 Å². The van der Waals surface area contributed by atoms with Crippen LogP contribution >= 0.6 is 24.0 Å². The molecule has 1 fully saturated rings. The van der Waals surface area contributed by atoms with Crippen molar-refractivity contribution in [1.82, 2.24) is 15.6 Å². The Labute approximate surface area is 156 Å². The fourth-order valence-electron chi connectivity index (χ4n) is 2.66. The average molecular weight is 432 g/mol. The summed E-state index contributed by atoms with van der Waals surface area (Å²) in [5.74, 6) is 0.844. The highest BCUT2D eigenvalue weighted by molar-refractivity contribution is 14.0. The Bertz CT molecular complexity index is 435. The molecule has 1 aromatic rings. The van der Waals surface area contributed by atoms with Crippen molar-refractivity contribution in [2.45, 2.75) is 44.6 Å². The van der Waals surface area contributed by atoms with Gasteiger partial charge in [0.15, 0.2) is 5.96 Å². The minimum atomic E-state index is 0. The maximum atomic E-state index is 5.85. The van der Waals surface area contributed by atoms with Gasteiger partial charge in [-0.15, -0.1) is 24.0 Å². The number of nitrogens with zero attached hydrogens (tertiary/aromatic N) is 2. The van der Waals surface area contributed by atoms with E-state index in [9.17, 15) is 0 Å². The normalized spacial score (nSPS) is 15.3. The van der Waals surface area contributed by atoms with Crippen molar-refractivity contribution in [1.29, 1.82) is 0 Å². The van der Waals surface area contributed by atoms with Crippen molar-refractivity contribution >= 4 is 29.9 Å². The van der Waals surface area contributed by atoms with Crippen LogP contribution in [0.4, 0.5) is 0 Å². The molecule has 1 aliphatic rings. The van der Waals surface area contributed by atoms with Gasteiger partial charge in [-0.25, -0.2) is 0 Å². The molecule has 0 radical (unpaired) electrons. The Morgan fingerprint density at radius 1 is 1.26 bits per heavy atom. The second kappa shape index (κ2) is 12.5. The van der Waals surface area contributed by atoms with Gasteiger partial charge in [-0.1, -0.05) is 18.9 Å². The molecule has 0 bridgehead atoms. The highest BCUT2D eigenvalue weighted by Crippen LogP contribution is 2.20. The second-order valence-corrected chi connectivity index (χ2v) is 5.63. The van der Waals surface area contributed by atoms with Gasteiger partial charge >= 0.3 is 0 Å². The summed E-state index contributed by atoms with van der Waals surface area (Å²) in [5.41, 5.74) is 1.09. The molecule has 23 heavy (non-hydrogen) atoms. The van der Waals surface area contributed by atoms with Crippen LogP contribution < -0.4 is 10.6 Å². The van der Waals surface area contributed by atoms with Crippen molar-refractivity contribution < 1.29 is 4.74 Å². The van der Waals surface area contributed by atoms with Gasteiger partial charge in [0.05, 0.1) is 6.10 Å². The smallest absolute Gasteiger partial charge is 0.190 e. The van der Waals surface area contributed by atoms with Gasteiger partial charge in [-0.05, 0) is 31.4 Å². The third kappa shape index (κ3) is 8.50. The number of ether oxygens (including phenoxy) is 1. The molecule has 5 nitrogen and oxygen atoms in total. The Kier molecular flexibility index (Phi) is 11.0. The molecule has 1 heterocycles. The summed E-state index contributed by atoms with van der Waals surface area (Å²) in [5, 5.41) is 6.63. The zero-order chi connectivity index (χ0) is 15.5. The summed E-state index contributed by atoms with van der Waals surface area (Å²) in [6.45, 7) is 2.55. The zero-order valence-corrected chi connectivity index (χ0v) is 16.3. The third-order valence-electron chi connectivity index (χ3n) is 3.89. The molecule has 0 saturated heterocycles. The lowest BCUT2D eigenvalue weighted by atomic mass is 10.3. The number of aliphatic imine (C=N–C) groups is 1. The van der Waals surface area contributed by atoms with E-state index in [-0.39, 0.29) is 24.0 Å². The van der Waals surface area contributed by atoms with Gasteiger partial charge in [0.1, 0.15) is 0 Å². The Balaban J connectivity index is 0.00000264. The highest BCUT2D eigenvalue weighted by Gasteiger charge is 2.14. The van der Waals surface area contributed by atoms with E-state index in [0.717, 1.165) is 44.2 Å². The van der Waals surface area contributed by atoms with Gasteiger partial charge in [0.25, 0.3) is 0 Å². The number of aromatic nitrogens is 1. The van der Waals surface area contributed by atoms with Crippen LogP contribution in [0.15, 0.2) is 29.4 Å². The quantitative estimate of drug-likeness (QED) is 0.287. The maximum Gasteiger partial charge on any atom is 0.190 e. The zero-order valence-electron chi connectivity index (χ0n) is 14.0. The van der Waals surface area contributed by atoms with Crippen LogP contribution in [-0.4, -0.2) is 43.8 Å². The van der Waals surface area contributed by atoms with Crippen molar-refractivity contribution in [3.8, 4) is 0 Å². The fraction of sp³-hybridized carbons (Fsp3) is 0.647. The van der Waals surface area contributed by atoms with E-state index < -0.39 is 0 Å². The Morgan fingerprint density at radius 2 is 2.04 bits per heavy atom. The monoisotopic (exact) mass is 432 g/mol. The predicted octanol–water partition coefficient (Wildman–Crippen LogP) is 2.76. The summed E-state index contributed by atoms with van der Waals surface area (Å²) in [6, 6.07) is 5.99. The topological polar surface area (TPSA) is 58.5 Å². The molecule has 1 aromatic heterocycles. The van der Waals surface area contributed by atoms with Crippen LogP contribution in [-0.2, 0) is 11.2 Å². The molecule has 0 atom stereocenters. The first-order valence-electron chi connectivity index (χ1n) is 8.34. The van der Waals surface area contributed by atoms with Crippen LogP contribution in [0.5, 0.6) is 0 Å². The summed E-state index contributed by atoms with van der Waals surface area (Å²) >= 11 is 0. The molecular weight excluding hydrogens is 403 g/mol. The van der Waals surface area contributed by atoms with E-state index in [1.54, 1.807) is 7.05 Å². The SMILES string of the molecule is CN=C(NCCCOC1CCCC1)NCCc1ccccn1.I. The molecule has 0 spiro atoms. The standard InChI is InChI=1S/C17H28N4O.HI/c1-18-17(21-13-10-15-7-4-5-11-19-15)20-12-6-14-22-16-8-2-3-9-16;/h4-5,7,11,16H,2-3,6,8-10,12-14H2,1H3,(H2,18,20,21);1H. The first kappa shape index (κ1) is 20.2. The van der Waals surface area contributed by atoms with Gasteiger partial charge in [0.2, 0.25) is 0 Å². The summed E-state index contributed by atoms with van der Waals surface area (Å²) in [4.78, 5) is 8.54. The number of halogens is 1. The summed E-state index contributed by atoms with van der Waals surface area (Å²) in [7, 11) is 1.80. The van der Waals surface area contributed by atoms with E-state index in [1.165, 1.54) is 25.7 Å². The molecular formula is C17H29IN4O. The van der Waals surface area contributed by atoms with Crippen molar-refractivity contribution in [3.63, 3.8) is 0 Å². The van der Waals surface area contributed by atoms with E-state index in [4.69, 9.17) is 4.74 Å². The van der Waals surface area contributed by atoms with Crippen LogP contribution in [0.25, 0.3) is 0 Å². The van der Waals surface area contributed by atoms with Gasteiger partial charge < -0.3 is 15.4 Å². The molecule has 2 rings (SSSR count). The molecule has 6 heteroatoms. The number of hydrogen-bond acceptors (Lipinski definition) is 3. The van der Waals surface area contributed by atoms with E-state index >= 15 is 0 Å². The first-order valence-corrected chi connectivity index (χ1v) is 8.34.